The van der Waals surface area contributed by atoms with Gasteiger partial charge in [0.1, 0.15) is 29.2 Å². The van der Waals surface area contributed by atoms with Crippen molar-refractivity contribution in [1.29, 1.82) is 5.26 Å². The summed E-state index contributed by atoms with van der Waals surface area (Å²) >= 11 is 0. The van der Waals surface area contributed by atoms with Crippen LogP contribution in [0.25, 0.3) is 6.08 Å². The van der Waals surface area contributed by atoms with E-state index in [1.165, 1.54) is 0 Å². The number of methoxy groups -OCH3 is 1. The zero-order chi connectivity index (χ0) is 17.8. The predicted molar refractivity (Wildman–Crippen MR) is 95.4 cm³/mol. The molecule has 0 saturated carbocycles. The van der Waals surface area contributed by atoms with Crippen LogP contribution in [0.5, 0.6) is 11.5 Å². The molecule has 3 rings (SSSR count). The highest BCUT2D eigenvalue weighted by Gasteiger charge is 2.19. The molecule has 5 heteroatoms. The van der Waals surface area contributed by atoms with Crippen molar-refractivity contribution in [3.8, 4) is 17.6 Å². The van der Waals surface area contributed by atoms with Crippen LogP contribution in [0.4, 0.5) is 5.69 Å². The van der Waals surface area contributed by atoms with Gasteiger partial charge in [-0.15, -0.1) is 0 Å². The first-order chi connectivity index (χ1) is 12.1. The Morgan fingerprint density at radius 2 is 2.20 bits per heavy atom. The second-order valence-electron chi connectivity index (χ2n) is 5.86. The van der Waals surface area contributed by atoms with Gasteiger partial charge in [-0.2, -0.15) is 5.26 Å². The van der Waals surface area contributed by atoms with Gasteiger partial charge in [-0.25, -0.2) is 0 Å². The van der Waals surface area contributed by atoms with Gasteiger partial charge in [0.2, 0.25) is 0 Å². The second-order valence-corrected chi connectivity index (χ2v) is 5.86. The molecule has 1 amide bonds. The molecule has 25 heavy (non-hydrogen) atoms. The van der Waals surface area contributed by atoms with E-state index in [2.05, 4.69) is 5.32 Å². The summed E-state index contributed by atoms with van der Waals surface area (Å²) < 4.78 is 10.8. The van der Waals surface area contributed by atoms with Crippen LogP contribution in [0.1, 0.15) is 18.1 Å². The number of carbonyl (C=O) groups excluding carboxylic acids is 1. The summed E-state index contributed by atoms with van der Waals surface area (Å²) in [4.78, 5) is 12.4. The van der Waals surface area contributed by atoms with E-state index < -0.39 is 5.91 Å². The number of nitriles is 1. The molecular weight excluding hydrogens is 316 g/mol. The Kier molecular flexibility index (Phi) is 4.71. The fraction of sp³-hybridized carbons (Fsp3) is 0.200. The van der Waals surface area contributed by atoms with E-state index in [0.717, 1.165) is 23.3 Å². The minimum atomic E-state index is -0.458. The van der Waals surface area contributed by atoms with Crippen LogP contribution in [0.3, 0.4) is 0 Å². The Morgan fingerprint density at radius 1 is 1.36 bits per heavy atom. The SMILES string of the molecule is COc1cccc(NC(=O)/C(C#N)=C\c2ccc3c(c2)CC(C)O3)c1. The van der Waals surface area contributed by atoms with Crippen molar-refractivity contribution in [3.05, 3.63) is 59.2 Å². The van der Waals surface area contributed by atoms with Gasteiger partial charge in [0, 0.05) is 18.2 Å². The van der Waals surface area contributed by atoms with Gasteiger partial charge >= 0.3 is 0 Å². The van der Waals surface area contributed by atoms with E-state index in [-0.39, 0.29) is 11.7 Å². The van der Waals surface area contributed by atoms with Crippen molar-refractivity contribution in [1.82, 2.24) is 0 Å². The summed E-state index contributed by atoms with van der Waals surface area (Å²) in [5.41, 5.74) is 2.50. The highest BCUT2D eigenvalue weighted by molar-refractivity contribution is 6.09. The molecule has 1 atom stereocenters. The van der Waals surface area contributed by atoms with Crippen molar-refractivity contribution in [2.75, 3.05) is 12.4 Å². The lowest BCUT2D eigenvalue weighted by atomic mass is 10.0. The largest absolute Gasteiger partial charge is 0.497 e. The maximum Gasteiger partial charge on any atom is 0.266 e. The molecule has 1 aliphatic heterocycles. The molecule has 0 aromatic heterocycles. The first-order valence-corrected chi connectivity index (χ1v) is 7.96. The van der Waals surface area contributed by atoms with Crippen LogP contribution in [-0.2, 0) is 11.2 Å². The van der Waals surface area contributed by atoms with Crippen LogP contribution in [-0.4, -0.2) is 19.1 Å². The van der Waals surface area contributed by atoms with Crippen molar-refractivity contribution in [3.63, 3.8) is 0 Å². The van der Waals surface area contributed by atoms with Gasteiger partial charge in [0.15, 0.2) is 0 Å². The molecule has 0 saturated heterocycles. The summed E-state index contributed by atoms with van der Waals surface area (Å²) in [6.45, 7) is 2.01. The van der Waals surface area contributed by atoms with Gasteiger partial charge in [-0.1, -0.05) is 12.1 Å². The van der Waals surface area contributed by atoms with Crippen LogP contribution < -0.4 is 14.8 Å². The third kappa shape index (κ3) is 3.81. The minimum absolute atomic E-state index is 0.0368. The zero-order valence-corrected chi connectivity index (χ0v) is 14.1. The number of hydrogen-bond acceptors (Lipinski definition) is 4. The summed E-state index contributed by atoms with van der Waals surface area (Å²) in [6, 6.07) is 14.6. The van der Waals surface area contributed by atoms with Crippen molar-refractivity contribution < 1.29 is 14.3 Å². The number of benzene rings is 2. The first kappa shape index (κ1) is 16.6. The molecule has 2 aromatic carbocycles. The second kappa shape index (κ2) is 7.10. The molecule has 0 spiro atoms. The van der Waals surface area contributed by atoms with Gasteiger partial charge < -0.3 is 14.8 Å². The van der Waals surface area contributed by atoms with E-state index >= 15 is 0 Å². The molecule has 0 aliphatic carbocycles. The van der Waals surface area contributed by atoms with Gasteiger partial charge in [0.25, 0.3) is 5.91 Å². The summed E-state index contributed by atoms with van der Waals surface area (Å²) in [6.07, 6.45) is 2.56. The summed E-state index contributed by atoms with van der Waals surface area (Å²) in [7, 11) is 1.56. The molecule has 0 radical (unpaired) electrons. The average molecular weight is 334 g/mol. The van der Waals surface area contributed by atoms with Crippen molar-refractivity contribution in [2.24, 2.45) is 0 Å². The molecule has 126 valence electrons. The van der Waals surface area contributed by atoms with Gasteiger partial charge in [0.05, 0.1) is 7.11 Å². The molecule has 1 unspecified atom stereocenters. The zero-order valence-electron chi connectivity index (χ0n) is 14.1. The van der Waals surface area contributed by atoms with Crippen LogP contribution in [0, 0.1) is 11.3 Å². The molecule has 0 bridgehead atoms. The molecule has 5 nitrogen and oxygen atoms in total. The topological polar surface area (TPSA) is 71.3 Å². The smallest absolute Gasteiger partial charge is 0.266 e. The Balaban J connectivity index is 1.79. The number of amides is 1. The predicted octanol–water partition coefficient (Wildman–Crippen LogP) is 3.56. The lowest BCUT2D eigenvalue weighted by molar-refractivity contribution is -0.112. The van der Waals surface area contributed by atoms with Crippen molar-refractivity contribution in [2.45, 2.75) is 19.4 Å². The number of fused-ring (bicyclic) bond motifs is 1. The van der Waals surface area contributed by atoms with E-state index in [0.29, 0.717) is 11.4 Å². The maximum atomic E-state index is 12.4. The van der Waals surface area contributed by atoms with Gasteiger partial charge in [-0.3, -0.25) is 4.79 Å². The fourth-order valence-corrected chi connectivity index (χ4v) is 2.75. The Labute approximate surface area is 146 Å². The third-order valence-electron chi connectivity index (χ3n) is 3.92. The summed E-state index contributed by atoms with van der Waals surface area (Å²) in [5, 5.41) is 12.1. The molecule has 1 heterocycles. The number of nitrogens with one attached hydrogen (secondary N) is 1. The minimum Gasteiger partial charge on any atom is -0.497 e. The number of carbonyl (C=O) groups is 1. The highest BCUT2D eigenvalue weighted by Crippen LogP contribution is 2.30. The number of rotatable bonds is 4. The van der Waals surface area contributed by atoms with E-state index in [1.807, 2.05) is 31.2 Å². The molecule has 1 aliphatic rings. The number of anilines is 1. The third-order valence-corrected chi connectivity index (χ3v) is 3.92. The number of hydrogen-bond donors (Lipinski definition) is 1. The Morgan fingerprint density at radius 3 is 2.96 bits per heavy atom. The molecule has 2 aromatic rings. The molecular formula is C20H18N2O3. The first-order valence-electron chi connectivity index (χ1n) is 7.96. The van der Waals surface area contributed by atoms with Crippen LogP contribution >= 0.6 is 0 Å². The van der Waals surface area contributed by atoms with Crippen LogP contribution in [0.15, 0.2) is 48.0 Å². The van der Waals surface area contributed by atoms with Gasteiger partial charge in [-0.05, 0) is 48.4 Å². The van der Waals surface area contributed by atoms with E-state index in [4.69, 9.17) is 9.47 Å². The number of nitrogens with zero attached hydrogens (tertiary/aromatic N) is 1. The van der Waals surface area contributed by atoms with Crippen molar-refractivity contribution >= 4 is 17.7 Å². The molecule has 0 fully saturated rings. The Bertz CT molecular complexity index is 881. The number of ether oxygens (including phenoxy) is 2. The monoisotopic (exact) mass is 334 g/mol. The van der Waals surface area contributed by atoms with E-state index in [1.54, 1.807) is 37.5 Å². The maximum absolute atomic E-state index is 12.4. The lowest BCUT2D eigenvalue weighted by Gasteiger charge is -2.06. The standard InChI is InChI=1S/C20H18N2O3/c1-13-8-15-9-14(6-7-19(15)25-13)10-16(12-21)20(23)22-17-4-3-5-18(11-17)24-2/h3-7,9-11,13H,8H2,1-2H3,(H,22,23)/b16-10-. The lowest BCUT2D eigenvalue weighted by Crippen LogP contribution is -2.13. The molecule has 1 N–H and O–H groups in total. The van der Waals surface area contributed by atoms with E-state index in [9.17, 15) is 10.1 Å². The quantitative estimate of drug-likeness (QED) is 0.685. The fourth-order valence-electron chi connectivity index (χ4n) is 2.75. The summed E-state index contributed by atoms with van der Waals surface area (Å²) in [5.74, 6) is 1.04. The normalized spacial score (nSPS) is 15.7. The average Bonchev–Trinajstić information content (AvgIpc) is 2.98. The Hall–Kier alpha value is -3.26. The highest BCUT2D eigenvalue weighted by atomic mass is 16.5. The van der Waals surface area contributed by atoms with Crippen LogP contribution in [0.2, 0.25) is 0 Å².